The molecule has 0 aliphatic heterocycles. The first-order chi connectivity index (χ1) is 8.37. The third kappa shape index (κ3) is 6.08. The van der Waals surface area contributed by atoms with Crippen molar-refractivity contribution in [3.8, 4) is 5.75 Å². The van der Waals surface area contributed by atoms with Gasteiger partial charge in [0.15, 0.2) is 0 Å². The highest BCUT2D eigenvalue weighted by Gasteiger charge is 2.15. The lowest BCUT2D eigenvalue weighted by molar-refractivity contribution is 0.0520. The van der Waals surface area contributed by atoms with E-state index >= 15 is 0 Å². The van der Waals surface area contributed by atoms with Gasteiger partial charge in [-0.15, -0.1) is 0 Å². The van der Waals surface area contributed by atoms with Crippen LogP contribution < -0.4 is 10.1 Å². The van der Waals surface area contributed by atoms with Crippen LogP contribution in [0.1, 0.15) is 26.5 Å². The maximum atomic E-state index is 11.3. The van der Waals surface area contributed by atoms with Crippen molar-refractivity contribution in [3.63, 3.8) is 0 Å². The minimum atomic E-state index is -0.480. The third-order valence-corrected chi connectivity index (χ3v) is 1.92. The second-order valence-electron chi connectivity index (χ2n) is 4.91. The Kier molecular flexibility index (Phi) is 4.95. The van der Waals surface area contributed by atoms with Crippen LogP contribution in [0.25, 0.3) is 0 Å². The number of aryl methyl sites for hydroxylation is 1. The molecule has 0 saturated heterocycles. The van der Waals surface area contributed by atoms with E-state index in [0.29, 0.717) is 18.9 Å². The Hall–Kier alpha value is -1.78. The molecule has 1 aromatic rings. The second-order valence-corrected chi connectivity index (χ2v) is 4.91. The zero-order valence-corrected chi connectivity index (χ0v) is 11.3. The summed E-state index contributed by atoms with van der Waals surface area (Å²) in [5.74, 6) is 0.687. The molecule has 5 heteroatoms. The molecule has 0 spiro atoms. The summed E-state index contributed by atoms with van der Waals surface area (Å²) in [7, 11) is 0. The second kappa shape index (κ2) is 6.23. The lowest BCUT2D eigenvalue weighted by Crippen LogP contribution is -2.34. The molecule has 0 atom stereocenters. The first-order valence-electron chi connectivity index (χ1n) is 5.89. The fourth-order valence-corrected chi connectivity index (χ4v) is 1.18. The Balaban J connectivity index is 2.19. The SMILES string of the molecule is Cc1ccc(OCCNC(=O)OC(C)(C)C)cn1. The molecular formula is C13H20N2O3. The van der Waals surface area contributed by atoms with E-state index in [9.17, 15) is 4.79 Å². The van der Waals surface area contributed by atoms with Gasteiger partial charge >= 0.3 is 6.09 Å². The van der Waals surface area contributed by atoms with Gasteiger partial charge in [-0.3, -0.25) is 4.98 Å². The van der Waals surface area contributed by atoms with Gasteiger partial charge in [0.25, 0.3) is 0 Å². The molecule has 0 bridgehead atoms. The van der Waals surface area contributed by atoms with Gasteiger partial charge in [0.2, 0.25) is 0 Å². The quantitative estimate of drug-likeness (QED) is 0.835. The Bertz CT molecular complexity index is 382. The Morgan fingerprint density at radius 1 is 1.39 bits per heavy atom. The Labute approximate surface area is 108 Å². The number of nitrogens with one attached hydrogen (secondary N) is 1. The number of carbonyl (C=O) groups excluding carboxylic acids is 1. The molecule has 100 valence electrons. The number of alkyl carbamates (subject to hydrolysis) is 1. The van der Waals surface area contributed by atoms with E-state index < -0.39 is 11.7 Å². The Morgan fingerprint density at radius 2 is 2.11 bits per heavy atom. The number of rotatable bonds is 4. The number of hydrogen-bond donors (Lipinski definition) is 1. The minimum absolute atomic E-state index is 0.379. The van der Waals surface area contributed by atoms with Crippen LogP contribution in [0.15, 0.2) is 18.3 Å². The van der Waals surface area contributed by atoms with Crippen LogP contribution in [0, 0.1) is 6.92 Å². The molecular weight excluding hydrogens is 232 g/mol. The summed E-state index contributed by atoms with van der Waals surface area (Å²) in [6, 6.07) is 3.71. The molecule has 0 aromatic carbocycles. The van der Waals surface area contributed by atoms with E-state index in [-0.39, 0.29) is 0 Å². The molecule has 18 heavy (non-hydrogen) atoms. The van der Waals surface area contributed by atoms with Crippen LogP contribution in [-0.4, -0.2) is 29.8 Å². The number of hydrogen-bond acceptors (Lipinski definition) is 4. The molecule has 1 aromatic heterocycles. The zero-order chi connectivity index (χ0) is 13.6. The van der Waals surface area contributed by atoms with Crippen molar-refractivity contribution >= 4 is 6.09 Å². The molecule has 0 saturated carbocycles. The molecule has 0 fully saturated rings. The minimum Gasteiger partial charge on any atom is -0.490 e. The standard InChI is InChI=1S/C13H20N2O3/c1-10-5-6-11(9-15-10)17-8-7-14-12(16)18-13(2,3)4/h5-6,9H,7-8H2,1-4H3,(H,14,16). The molecule has 1 rings (SSSR count). The highest BCUT2D eigenvalue weighted by molar-refractivity contribution is 5.67. The van der Waals surface area contributed by atoms with E-state index in [2.05, 4.69) is 10.3 Å². The van der Waals surface area contributed by atoms with Gasteiger partial charge in [0.1, 0.15) is 18.0 Å². The summed E-state index contributed by atoms with van der Waals surface area (Å²) >= 11 is 0. The van der Waals surface area contributed by atoms with E-state index in [4.69, 9.17) is 9.47 Å². The number of carbonyl (C=O) groups is 1. The van der Waals surface area contributed by atoms with E-state index in [1.807, 2.05) is 39.8 Å². The third-order valence-electron chi connectivity index (χ3n) is 1.92. The fourth-order valence-electron chi connectivity index (χ4n) is 1.18. The molecule has 0 unspecified atom stereocenters. The van der Waals surface area contributed by atoms with Crippen molar-refractivity contribution in [2.24, 2.45) is 0 Å². The van der Waals surface area contributed by atoms with Crippen LogP contribution in [-0.2, 0) is 4.74 Å². The van der Waals surface area contributed by atoms with Gasteiger partial charge in [-0.1, -0.05) is 0 Å². The van der Waals surface area contributed by atoms with Crippen LogP contribution >= 0.6 is 0 Å². The van der Waals surface area contributed by atoms with Crippen LogP contribution in [0.4, 0.5) is 4.79 Å². The Morgan fingerprint density at radius 3 is 2.67 bits per heavy atom. The highest BCUT2D eigenvalue weighted by atomic mass is 16.6. The highest BCUT2D eigenvalue weighted by Crippen LogP contribution is 2.08. The summed E-state index contributed by atoms with van der Waals surface area (Å²) in [5.41, 5.74) is 0.459. The van der Waals surface area contributed by atoms with Crippen molar-refractivity contribution in [2.45, 2.75) is 33.3 Å². The number of amides is 1. The average Bonchev–Trinajstić information content (AvgIpc) is 2.24. The maximum absolute atomic E-state index is 11.3. The molecule has 0 aliphatic rings. The van der Waals surface area contributed by atoms with Crippen LogP contribution in [0.5, 0.6) is 5.75 Å². The topological polar surface area (TPSA) is 60.5 Å². The van der Waals surface area contributed by atoms with Crippen LogP contribution in [0.3, 0.4) is 0 Å². The van der Waals surface area contributed by atoms with Gasteiger partial charge in [0.05, 0.1) is 12.7 Å². The number of ether oxygens (including phenoxy) is 2. The summed E-state index contributed by atoms with van der Waals surface area (Å²) < 4.78 is 10.5. The van der Waals surface area contributed by atoms with Gasteiger partial charge < -0.3 is 14.8 Å². The van der Waals surface area contributed by atoms with Gasteiger partial charge in [-0.05, 0) is 39.8 Å². The molecule has 5 nitrogen and oxygen atoms in total. The first kappa shape index (κ1) is 14.3. The van der Waals surface area contributed by atoms with Gasteiger partial charge in [-0.2, -0.15) is 0 Å². The monoisotopic (exact) mass is 252 g/mol. The zero-order valence-electron chi connectivity index (χ0n) is 11.3. The molecule has 1 heterocycles. The lowest BCUT2D eigenvalue weighted by Gasteiger charge is -2.19. The van der Waals surface area contributed by atoms with Crippen molar-refractivity contribution in [2.75, 3.05) is 13.2 Å². The first-order valence-corrected chi connectivity index (χ1v) is 5.89. The van der Waals surface area contributed by atoms with Gasteiger partial charge in [0, 0.05) is 5.69 Å². The fraction of sp³-hybridized carbons (Fsp3) is 0.538. The number of nitrogens with zero attached hydrogens (tertiary/aromatic N) is 1. The van der Waals surface area contributed by atoms with E-state index in [0.717, 1.165) is 5.69 Å². The van der Waals surface area contributed by atoms with Crippen molar-refractivity contribution in [1.29, 1.82) is 0 Å². The van der Waals surface area contributed by atoms with E-state index in [1.54, 1.807) is 6.20 Å². The summed E-state index contributed by atoms with van der Waals surface area (Å²) in [4.78, 5) is 15.4. The lowest BCUT2D eigenvalue weighted by atomic mass is 10.2. The van der Waals surface area contributed by atoms with Crippen molar-refractivity contribution in [3.05, 3.63) is 24.0 Å². The summed E-state index contributed by atoms with van der Waals surface area (Å²) in [6.45, 7) is 8.14. The van der Waals surface area contributed by atoms with Crippen molar-refractivity contribution in [1.82, 2.24) is 10.3 Å². The summed E-state index contributed by atoms with van der Waals surface area (Å²) in [6.07, 6.45) is 1.22. The molecule has 0 radical (unpaired) electrons. The van der Waals surface area contributed by atoms with Gasteiger partial charge in [-0.25, -0.2) is 4.79 Å². The predicted molar refractivity (Wildman–Crippen MR) is 68.7 cm³/mol. The number of aromatic nitrogens is 1. The molecule has 0 aliphatic carbocycles. The molecule has 1 N–H and O–H groups in total. The molecule has 1 amide bonds. The van der Waals surface area contributed by atoms with Crippen LogP contribution in [0.2, 0.25) is 0 Å². The number of pyridine rings is 1. The maximum Gasteiger partial charge on any atom is 0.407 e. The smallest absolute Gasteiger partial charge is 0.407 e. The average molecular weight is 252 g/mol. The summed E-state index contributed by atoms with van der Waals surface area (Å²) in [5, 5.41) is 2.61. The van der Waals surface area contributed by atoms with E-state index in [1.165, 1.54) is 0 Å². The predicted octanol–water partition coefficient (Wildman–Crippen LogP) is 2.29. The van der Waals surface area contributed by atoms with Crippen molar-refractivity contribution < 1.29 is 14.3 Å². The normalized spacial score (nSPS) is 10.9. The largest absolute Gasteiger partial charge is 0.490 e.